The highest BCUT2D eigenvalue weighted by Gasteiger charge is 2.45. The minimum atomic E-state index is -1.13. The lowest BCUT2D eigenvalue weighted by Gasteiger charge is -2.36. The van der Waals surface area contributed by atoms with Crippen LogP contribution in [-0.4, -0.2) is 11.1 Å². The molecule has 0 spiro atoms. The maximum absolute atomic E-state index is 10.7. The number of fused-ring (bicyclic) bond motifs is 1. The van der Waals surface area contributed by atoms with Gasteiger partial charge in [-0.1, -0.05) is 24.3 Å². The van der Waals surface area contributed by atoms with E-state index in [0.717, 1.165) is 11.1 Å². The molecule has 0 saturated heterocycles. The van der Waals surface area contributed by atoms with E-state index < -0.39 is 11.5 Å². The number of carboxylic acids is 1. The van der Waals surface area contributed by atoms with Crippen LogP contribution in [0.3, 0.4) is 0 Å². The molecule has 3 heteroatoms. The van der Waals surface area contributed by atoms with Gasteiger partial charge in [-0.25, -0.2) is 4.79 Å². The summed E-state index contributed by atoms with van der Waals surface area (Å²) in [5.41, 5.74) is 6.32. The lowest BCUT2D eigenvalue weighted by atomic mass is 9.71. The zero-order valence-electron chi connectivity index (χ0n) is 6.45. The molecule has 62 valence electrons. The largest absolute Gasteiger partial charge is 0.480 e. The molecule has 0 radical (unpaired) electrons. The SMILES string of the molecule is NC1(C(=O)O)Cc2ccccc21. The van der Waals surface area contributed by atoms with E-state index in [0.29, 0.717) is 6.42 Å². The van der Waals surface area contributed by atoms with E-state index in [1.54, 1.807) is 6.07 Å². The Bertz CT molecular complexity index is 348. The van der Waals surface area contributed by atoms with Gasteiger partial charge in [-0.15, -0.1) is 0 Å². The van der Waals surface area contributed by atoms with Gasteiger partial charge < -0.3 is 10.8 Å². The molecule has 2 rings (SSSR count). The molecule has 1 aromatic carbocycles. The lowest BCUT2D eigenvalue weighted by molar-refractivity contribution is -0.144. The first-order valence-corrected chi connectivity index (χ1v) is 3.75. The minimum Gasteiger partial charge on any atom is -0.480 e. The molecule has 12 heavy (non-hydrogen) atoms. The number of hydrogen-bond acceptors (Lipinski definition) is 2. The van der Waals surface area contributed by atoms with E-state index >= 15 is 0 Å². The summed E-state index contributed by atoms with van der Waals surface area (Å²) in [4.78, 5) is 10.7. The van der Waals surface area contributed by atoms with E-state index in [4.69, 9.17) is 10.8 Å². The number of carboxylic acid groups (broad SMARTS) is 1. The van der Waals surface area contributed by atoms with Crippen molar-refractivity contribution in [2.24, 2.45) is 5.73 Å². The summed E-state index contributed by atoms with van der Waals surface area (Å²) in [7, 11) is 0. The molecule has 1 unspecified atom stereocenters. The number of rotatable bonds is 1. The predicted octanol–water partition coefficient (Wildman–Crippen LogP) is 0.481. The molecule has 1 aliphatic carbocycles. The fourth-order valence-corrected chi connectivity index (χ4v) is 1.59. The topological polar surface area (TPSA) is 63.3 Å². The highest BCUT2D eigenvalue weighted by Crippen LogP contribution is 2.36. The van der Waals surface area contributed by atoms with E-state index in [-0.39, 0.29) is 0 Å². The molecule has 0 saturated carbocycles. The van der Waals surface area contributed by atoms with Crippen LogP contribution in [0.4, 0.5) is 0 Å². The Kier molecular flexibility index (Phi) is 1.26. The second-order valence-corrected chi connectivity index (χ2v) is 3.11. The normalized spacial score (nSPS) is 25.8. The molecular weight excluding hydrogens is 154 g/mol. The molecule has 0 fully saturated rings. The molecule has 0 aliphatic heterocycles. The maximum Gasteiger partial charge on any atom is 0.328 e. The Hall–Kier alpha value is -1.35. The van der Waals surface area contributed by atoms with Gasteiger partial charge in [-0.3, -0.25) is 0 Å². The summed E-state index contributed by atoms with van der Waals surface area (Å²) in [6, 6.07) is 7.37. The highest BCUT2D eigenvalue weighted by atomic mass is 16.4. The van der Waals surface area contributed by atoms with Crippen LogP contribution >= 0.6 is 0 Å². The summed E-state index contributed by atoms with van der Waals surface area (Å²) in [5, 5.41) is 8.81. The summed E-state index contributed by atoms with van der Waals surface area (Å²) >= 11 is 0. The van der Waals surface area contributed by atoms with Crippen molar-refractivity contribution in [2.45, 2.75) is 12.0 Å². The second kappa shape index (κ2) is 2.08. The van der Waals surface area contributed by atoms with Gasteiger partial charge in [0.1, 0.15) is 5.54 Å². The molecule has 0 amide bonds. The summed E-state index contributed by atoms with van der Waals surface area (Å²) in [6.07, 6.45) is 0.443. The molecule has 1 aliphatic rings. The summed E-state index contributed by atoms with van der Waals surface area (Å²) in [6.45, 7) is 0. The number of carbonyl (C=O) groups is 1. The van der Waals surface area contributed by atoms with Crippen LogP contribution in [-0.2, 0) is 16.8 Å². The van der Waals surface area contributed by atoms with Gasteiger partial charge in [0.05, 0.1) is 0 Å². The van der Waals surface area contributed by atoms with Crippen LogP contribution in [0, 0.1) is 0 Å². The lowest BCUT2D eigenvalue weighted by Crippen LogP contribution is -2.53. The van der Waals surface area contributed by atoms with Gasteiger partial charge in [0.25, 0.3) is 0 Å². The van der Waals surface area contributed by atoms with Crippen molar-refractivity contribution >= 4 is 5.97 Å². The smallest absolute Gasteiger partial charge is 0.328 e. The fraction of sp³-hybridized carbons (Fsp3) is 0.222. The molecule has 0 bridgehead atoms. The minimum absolute atomic E-state index is 0.443. The third-order valence-electron chi connectivity index (χ3n) is 2.35. The monoisotopic (exact) mass is 163 g/mol. The van der Waals surface area contributed by atoms with Crippen LogP contribution in [0.2, 0.25) is 0 Å². The molecule has 0 heterocycles. The van der Waals surface area contributed by atoms with Crippen molar-refractivity contribution in [1.29, 1.82) is 0 Å². The number of benzene rings is 1. The van der Waals surface area contributed by atoms with Gasteiger partial charge in [-0.05, 0) is 11.1 Å². The van der Waals surface area contributed by atoms with Gasteiger partial charge in [0.15, 0.2) is 0 Å². The van der Waals surface area contributed by atoms with Crippen LogP contribution < -0.4 is 5.73 Å². The second-order valence-electron chi connectivity index (χ2n) is 3.11. The van der Waals surface area contributed by atoms with Crippen LogP contribution in [0.1, 0.15) is 11.1 Å². The van der Waals surface area contributed by atoms with Crippen LogP contribution in [0.25, 0.3) is 0 Å². The average Bonchev–Trinajstić information content (AvgIpc) is 2.02. The first-order valence-electron chi connectivity index (χ1n) is 3.75. The molecule has 0 aromatic heterocycles. The van der Waals surface area contributed by atoms with Crippen molar-refractivity contribution < 1.29 is 9.90 Å². The molecule has 1 aromatic rings. The quantitative estimate of drug-likeness (QED) is 0.633. The third kappa shape index (κ3) is 0.713. The Balaban J connectivity index is 2.48. The van der Waals surface area contributed by atoms with E-state index in [1.165, 1.54) is 0 Å². The molecule has 3 N–H and O–H groups in total. The fourth-order valence-electron chi connectivity index (χ4n) is 1.59. The van der Waals surface area contributed by atoms with E-state index in [2.05, 4.69) is 0 Å². The zero-order valence-corrected chi connectivity index (χ0v) is 6.45. The van der Waals surface area contributed by atoms with Crippen molar-refractivity contribution in [3.05, 3.63) is 35.4 Å². The zero-order chi connectivity index (χ0) is 8.77. The van der Waals surface area contributed by atoms with E-state index in [1.807, 2.05) is 18.2 Å². The summed E-state index contributed by atoms with van der Waals surface area (Å²) in [5.74, 6) is -0.943. The standard InChI is InChI=1S/C9H9NO2/c10-9(8(11)12)5-6-3-1-2-4-7(6)9/h1-4H,5,10H2,(H,11,12). The summed E-state index contributed by atoms with van der Waals surface area (Å²) < 4.78 is 0. The number of hydrogen-bond donors (Lipinski definition) is 2. The van der Waals surface area contributed by atoms with Gasteiger partial charge in [-0.2, -0.15) is 0 Å². The Morgan fingerprint density at radius 3 is 2.75 bits per heavy atom. The van der Waals surface area contributed by atoms with Gasteiger partial charge in [0.2, 0.25) is 0 Å². The molecular formula is C9H9NO2. The Morgan fingerprint density at radius 1 is 1.50 bits per heavy atom. The van der Waals surface area contributed by atoms with Crippen molar-refractivity contribution in [2.75, 3.05) is 0 Å². The third-order valence-corrected chi connectivity index (χ3v) is 2.35. The molecule has 1 atom stereocenters. The Morgan fingerprint density at radius 2 is 2.17 bits per heavy atom. The number of aliphatic carboxylic acids is 1. The Labute approximate surface area is 69.8 Å². The van der Waals surface area contributed by atoms with Crippen LogP contribution in [0.15, 0.2) is 24.3 Å². The van der Waals surface area contributed by atoms with Crippen molar-refractivity contribution in [1.82, 2.24) is 0 Å². The van der Waals surface area contributed by atoms with Crippen molar-refractivity contribution in [3.63, 3.8) is 0 Å². The van der Waals surface area contributed by atoms with Gasteiger partial charge in [0, 0.05) is 6.42 Å². The highest BCUT2D eigenvalue weighted by molar-refractivity contribution is 5.84. The van der Waals surface area contributed by atoms with Crippen molar-refractivity contribution in [3.8, 4) is 0 Å². The number of nitrogens with two attached hydrogens (primary N) is 1. The van der Waals surface area contributed by atoms with Gasteiger partial charge >= 0.3 is 5.97 Å². The molecule has 3 nitrogen and oxygen atoms in total. The first-order chi connectivity index (χ1) is 5.64. The predicted molar refractivity (Wildman–Crippen MR) is 43.6 cm³/mol. The average molecular weight is 163 g/mol. The van der Waals surface area contributed by atoms with Crippen LogP contribution in [0.5, 0.6) is 0 Å². The maximum atomic E-state index is 10.7. The first kappa shape index (κ1) is 7.31. The van der Waals surface area contributed by atoms with E-state index in [9.17, 15) is 4.79 Å².